The van der Waals surface area contributed by atoms with Crippen LogP contribution >= 0.6 is 22.7 Å². The number of benzene rings is 2. The number of anilines is 1. The van der Waals surface area contributed by atoms with Crippen LogP contribution in [0.4, 0.5) is 5.13 Å². The molecular formula is C19H17N3O2S2. The van der Waals surface area contributed by atoms with Crippen LogP contribution in [0.3, 0.4) is 0 Å². The number of aryl methyl sites for hydroxylation is 1. The average Bonchev–Trinajstić information content (AvgIpc) is 3.16. The van der Waals surface area contributed by atoms with Crippen LogP contribution in [0.1, 0.15) is 29.2 Å². The van der Waals surface area contributed by atoms with E-state index in [1.165, 1.54) is 11.3 Å². The minimum absolute atomic E-state index is 0.101. The molecule has 0 radical (unpaired) electrons. The molecule has 0 spiro atoms. The quantitative estimate of drug-likeness (QED) is 0.522. The Hall–Kier alpha value is -2.51. The molecule has 0 aliphatic rings. The van der Waals surface area contributed by atoms with Crippen molar-refractivity contribution in [1.29, 1.82) is 0 Å². The molecule has 4 aromatic rings. The van der Waals surface area contributed by atoms with Crippen molar-refractivity contribution in [2.24, 2.45) is 0 Å². The number of nitrogens with one attached hydrogen (secondary N) is 1. The van der Waals surface area contributed by atoms with Crippen molar-refractivity contribution in [2.75, 3.05) is 5.32 Å². The number of rotatable bonds is 4. The number of ether oxygens (including phenoxy) is 1. The number of thiazole rings is 2. The standard InChI is InChI=1S/C19H17N3O2S2/c1-10(2)24-13-6-4-12(5-7-13)18(23)22-19-21-14-8-9-15-16(17(14)26-19)20-11(3)25-15/h4-10H,1-3H3,(H,21,22,23). The molecule has 2 heterocycles. The molecule has 0 aliphatic heterocycles. The van der Waals surface area contributed by atoms with Crippen molar-refractivity contribution < 1.29 is 9.53 Å². The van der Waals surface area contributed by atoms with Gasteiger partial charge in [0.25, 0.3) is 5.91 Å². The third-order valence-electron chi connectivity index (χ3n) is 3.73. The molecule has 0 atom stereocenters. The highest BCUT2D eigenvalue weighted by Crippen LogP contribution is 2.34. The summed E-state index contributed by atoms with van der Waals surface area (Å²) < 4.78 is 7.74. The lowest BCUT2D eigenvalue weighted by atomic mass is 10.2. The largest absolute Gasteiger partial charge is 0.491 e. The number of carbonyl (C=O) groups is 1. The SMILES string of the molecule is Cc1nc2c(ccc3nc(NC(=O)c4ccc(OC(C)C)cc4)sc32)s1. The van der Waals surface area contributed by atoms with Crippen LogP contribution in [0, 0.1) is 6.92 Å². The maximum Gasteiger partial charge on any atom is 0.257 e. The van der Waals surface area contributed by atoms with Crippen LogP contribution in [-0.4, -0.2) is 22.0 Å². The van der Waals surface area contributed by atoms with Crippen molar-refractivity contribution in [3.63, 3.8) is 0 Å². The second kappa shape index (κ2) is 6.66. The van der Waals surface area contributed by atoms with Crippen LogP contribution in [0.25, 0.3) is 20.4 Å². The molecule has 5 nitrogen and oxygen atoms in total. The maximum absolute atomic E-state index is 12.5. The summed E-state index contributed by atoms with van der Waals surface area (Å²) in [6.07, 6.45) is 0.101. The summed E-state index contributed by atoms with van der Waals surface area (Å²) in [7, 11) is 0. The van der Waals surface area contributed by atoms with Gasteiger partial charge in [0.1, 0.15) is 11.3 Å². The lowest BCUT2D eigenvalue weighted by Gasteiger charge is -2.09. The van der Waals surface area contributed by atoms with Gasteiger partial charge in [-0.3, -0.25) is 10.1 Å². The van der Waals surface area contributed by atoms with E-state index in [2.05, 4.69) is 15.3 Å². The number of hydrogen-bond donors (Lipinski definition) is 1. The van der Waals surface area contributed by atoms with Gasteiger partial charge in [-0.1, -0.05) is 11.3 Å². The van der Waals surface area contributed by atoms with Gasteiger partial charge in [-0.05, 0) is 57.2 Å². The van der Waals surface area contributed by atoms with E-state index in [1.807, 2.05) is 32.9 Å². The number of nitrogens with zero attached hydrogens (tertiary/aromatic N) is 2. The molecule has 0 fully saturated rings. The van der Waals surface area contributed by atoms with E-state index in [9.17, 15) is 4.79 Å². The molecule has 2 aromatic heterocycles. The van der Waals surface area contributed by atoms with Crippen LogP contribution in [0.2, 0.25) is 0 Å². The zero-order valence-corrected chi connectivity index (χ0v) is 16.2. The van der Waals surface area contributed by atoms with Crippen LogP contribution in [-0.2, 0) is 0 Å². The molecule has 0 saturated heterocycles. The molecule has 0 bridgehead atoms. The Morgan fingerprint density at radius 1 is 1.08 bits per heavy atom. The monoisotopic (exact) mass is 383 g/mol. The van der Waals surface area contributed by atoms with Gasteiger partial charge in [-0.15, -0.1) is 11.3 Å². The summed E-state index contributed by atoms with van der Waals surface area (Å²) in [5.74, 6) is 0.559. The second-order valence-electron chi connectivity index (χ2n) is 6.16. The predicted molar refractivity (Wildman–Crippen MR) is 108 cm³/mol. The molecule has 2 aromatic carbocycles. The lowest BCUT2D eigenvalue weighted by molar-refractivity contribution is 0.102. The first kappa shape index (κ1) is 16.9. The molecule has 0 saturated carbocycles. The number of carbonyl (C=O) groups excluding carboxylic acids is 1. The number of amides is 1. The first-order chi connectivity index (χ1) is 12.5. The molecule has 0 aliphatic carbocycles. The van der Waals surface area contributed by atoms with E-state index in [1.54, 1.807) is 35.6 Å². The summed E-state index contributed by atoms with van der Waals surface area (Å²) in [6, 6.07) is 11.1. The van der Waals surface area contributed by atoms with E-state index in [4.69, 9.17) is 4.74 Å². The zero-order valence-electron chi connectivity index (χ0n) is 14.6. The summed E-state index contributed by atoms with van der Waals surface area (Å²) >= 11 is 3.11. The molecular weight excluding hydrogens is 366 g/mol. The molecule has 1 amide bonds. The Morgan fingerprint density at radius 3 is 2.58 bits per heavy atom. The number of aromatic nitrogens is 2. The molecule has 7 heteroatoms. The second-order valence-corrected chi connectivity index (χ2v) is 8.39. The zero-order chi connectivity index (χ0) is 18.3. The Morgan fingerprint density at radius 2 is 1.85 bits per heavy atom. The Kier molecular flexibility index (Phi) is 4.34. The fourth-order valence-corrected chi connectivity index (χ4v) is 4.52. The smallest absolute Gasteiger partial charge is 0.257 e. The predicted octanol–water partition coefficient (Wildman–Crippen LogP) is 5.25. The minimum atomic E-state index is -0.189. The van der Waals surface area contributed by atoms with Gasteiger partial charge in [0.2, 0.25) is 0 Å². The van der Waals surface area contributed by atoms with Gasteiger partial charge >= 0.3 is 0 Å². The van der Waals surface area contributed by atoms with E-state index < -0.39 is 0 Å². The summed E-state index contributed by atoms with van der Waals surface area (Å²) in [5.41, 5.74) is 2.37. The Bertz CT molecular complexity index is 1100. The minimum Gasteiger partial charge on any atom is -0.491 e. The van der Waals surface area contributed by atoms with E-state index in [0.29, 0.717) is 10.7 Å². The molecule has 26 heavy (non-hydrogen) atoms. The highest BCUT2D eigenvalue weighted by atomic mass is 32.1. The van der Waals surface area contributed by atoms with Gasteiger partial charge in [0.05, 0.1) is 26.0 Å². The van der Waals surface area contributed by atoms with Crippen molar-refractivity contribution in [3.8, 4) is 5.75 Å². The van der Waals surface area contributed by atoms with Gasteiger partial charge in [-0.2, -0.15) is 0 Å². The fourth-order valence-electron chi connectivity index (χ4n) is 2.67. The first-order valence-corrected chi connectivity index (χ1v) is 9.87. The lowest BCUT2D eigenvalue weighted by Crippen LogP contribution is -2.11. The van der Waals surface area contributed by atoms with Gasteiger partial charge < -0.3 is 4.74 Å². The van der Waals surface area contributed by atoms with E-state index >= 15 is 0 Å². The van der Waals surface area contributed by atoms with Crippen LogP contribution in [0.15, 0.2) is 36.4 Å². The normalized spacial score (nSPS) is 11.4. The topological polar surface area (TPSA) is 64.1 Å². The summed E-state index contributed by atoms with van der Waals surface area (Å²) in [4.78, 5) is 21.6. The van der Waals surface area contributed by atoms with Crippen molar-refractivity contribution >= 4 is 54.1 Å². The molecule has 4 rings (SSSR count). The third-order valence-corrected chi connectivity index (χ3v) is 5.66. The molecule has 0 unspecified atom stereocenters. The first-order valence-electron chi connectivity index (χ1n) is 8.24. The number of hydrogen-bond acceptors (Lipinski definition) is 6. The van der Waals surface area contributed by atoms with Crippen molar-refractivity contribution in [1.82, 2.24) is 9.97 Å². The fraction of sp³-hybridized carbons (Fsp3) is 0.211. The van der Waals surface area contributed by atoms with Crippen molar-refractivity contribution in [2.45, 2.75) is 26.9 Å². The Labute approximate surface area is 158 Å². The average molecular weight is 383 g/mol. The molecule has 1 N–H and O–H groups in total. The van der Waals surface area contributed by atoms with E-state index in [-0.39, 0.29) is 12.0 Å². The van der Waals surface area contributed by atoms with Crippen LogP contribution < -0.4 is 10.1 Å². The van der Waals surface area contributed by atoms with Crippen molar-refractivity contribution in [3.05, 3.63) is 47.0 Å². The highest BCUT2D eigenvalue weighted by molar-refractivity contribution is 7.24. The summed E-state index contributed by atoms with van der Waals surface area (Å²) in [6.45, 7) is 5.93. The third kappa shape index (κ3) is 3.27. The van der Waals surface area contributed by atoms with Gasteiger partial charge in [-0.25, -0.2) is 9.97 Å². The van der Waals surface area contributed by atoms with Gasteiger partial charge in [0.15, 0.2) is 5.13 Å². The van der Waals surface area contributed by atoms with E-state index in [0.717, 1.165) is 31.2 Å². The summed E-state index contributed by atoms with van der Waals surface area (Å²) in [5, 5.41) is 4.48. The molecule has 132 valence electrons. The Balaban J connectivity index is 1.58. The van der Waals surface area contributed by atoms with Gasteiger partial charge in [0, 0.05) is 5.56 Å². The van der Waals surface area contributed by atoms with Crippen LogP contribution in [0.5, 0.6) is 5.75 Å². The highest BCUT2D eigenvalue weighted by Gasteiger charge is 2.13. The number of fused-ring (bicyclic) bond motifs is 3. The maximum atomic E-state index is 12.5.